The van der Waals surface area contributed by atoms with Gasteiger partial charge < -0.3 is 14.4 Å². The van der Waals surface area contributed by atoms with E-state index in [1.165, 1.54) is 43.4 Å². The maximum atomic E-state index is 4.98. The molecule has 0 fully saturated rings. The minimum Gasteiger partial charge on any atom is -0.310 e. The van der Waals surface area contributed by atoms with Gasteiger partial charge >= 0.3 is 0 Å². The molecule has 0 N–H and O–H groups in total. The summed E-state index contributed by atoms with van der Waals surface area (Å²) in [6, 6.07) is 82.9. The highest BCUT2D eigenvalue weighted by Crippen LogP contribution is 2.43. The molecule has 12 rings (SSSR count). The maximum absolute atomic E-state index is 4.98. The van der Waals surface area contributed by atoms with Gasteiger partial charge in [0.05, 0.1) is 21.3 Å². The van der Waals surface area contributed by atoms with Gasteiger partial charge in [-0.2, -0.15) is 0 Å². The number of aromatic nitrogens is 2. The molecule has 0 spiro atoms. The summed E-state index contributed by atoms with van der Waals surface area (Å²) in [7, 11) is 0. The Morgan fingerprint density at radius 2 is 0.855 bits per heavy atom. The first-order valence-electron chi connectivity index (χ1n) is 21.0. The van der Waals surface area contributed by atoms with Gasteiger partial charge in [0.2, 0.25) is 0 Å². The van der Waals surface area contributed by atoms with E-state index in [0.29, 0.717) is 0 Å². The molecule has 0 aliphatic carbocycles. The van der Waals surface area contributed by atoms with Crippen LogP contribution in [0.3, 0.4) is 0 Å². The van der Waals surface area contributed by atoms with Crippen LogP contribution in [0.5, 0.6) is 0 Å². The zero-order chi connectivity index (χ0) is 41.0. The molecule has 2 heterocycles. The van der Waals surface area contributed by atoms with Crippen LogP contribution >= 0.6 is 11.3 Å². The van der Waals surface area contributed by atoms with Crippen LogP contribution in [-0.4, -0.2) is 9.55 Å². The predicted molar refractivity (Wildman–Crippen MR) is 264 cm³/mol. The molecule has 0 unspecified atom stereocenters. The van der Waals surface area contributed by atoms with Crippen LogP contribution in [-0.2, 0) is 0 Å². The van der Waals surface area contributed by atoms with Crippen LogP contribution < -0.4 is 9.80 Å². The van der Waals surface area contributed by atoms with Crippen molar-refractivity contribution in [1.29, 1.82) is 0 Å². The van der Waals surface area contributed by atoms with Crippen molar-refractivity contribution in [1.82, 2.24) is 9.55 Å². The number of para-hydroxylation sites is 4. The molecule has 62 heavy (non-hydrogen) atoms. The Hall–Kier alpha value is -7.99. The molecule has 10 aromatic carbocycles. The van der Waals surface area contributed by atoms with E-state index in [2.05, 4.69) is 239 Å². The molecule has 292 valence electrons. The van der Waals surface area contributed by atoms with Gasteiger partial charge in [-0.3, -0.25) is 0 Å². The second kappa shape index (κ2) is 14.9. The number of nitrogens with zero attached hydrogens (tertiary/aromatic N) is 4. The van der Waals surface area contributed by atoms with Gasteiger partial charge in [0.15, 0.2) is 0 Å². The Balaban J connectivity index is 0.948. The highest BCUT2D eigenvalue weighted by molar-refractivity contribution is 7.21. The van der Waals surface area contributed by atoms with Crippen LogP contribution in [0.4, 0.5) is 34.1 Å². The largest absolute Gasteiger partial charge is 0.310 e. The Kier molecular flexibility index (Phi) is 8.65. The fraction of sp³-hybridized carbons (Fsp3) is 0. The van der Waals surface area contributed by atoms with Crippen LogP contribution in [0.15, 0.2) is 231 Å². The number of benzene rings is 10. The molecular weight excluding hydrogens is 773 g/mol. The SMILES string of the molecule is c1ccc(-c2nc3ccc(N(c4ccccc4)c4ccc5c(ccc6cc(N(c7ccccc7)c7ccc8c(c7)c7ccccc7n8-c7ccccc7)ccc65)c4)cc3s2)cc1. The minimum atomic E-state index is 1.01. The Morgan fingerprint density at radius 1 is 0.355 bits per heavy atom. The normalized spacial score (nSPS) is 11.5. The van der Waals surface area contributed by atoms with E-state index in [9.17, 15) is 0 Å². The fourth-order valence-corrected chi connectivity index (χ4v) is 10.1. The quantitative estimate of drug-likeness (QED) is 0.143. The van der Waals surface area contributed by atoms with Crippen molar-refractivity contribution in [2.24, 2.45) is 0 Å². The molecule has 0 amide bonds. The molecule has 4 nitrogen and oxygen atoms in total. The van der Waals surface area contributed by atoms with Crippen molar-refractivity contribution in [3.05, 3.63) is 231 Å². The van der Waals surface area contributed by atoms with E-state index in [4.69, 9.17) is 4.98 Å². The van der Waals surface area contributed by atoms with E-state index in [1.807, 2.05) is 6.07 Å². The molecule has 2 aromatic heterocycles. The zero-order valence-electron chi connectivity index (χ0n) is 33.6. The number of hydrogen-bond donors (Lipinski definition) is 0. The minimum absolute atomic E-state index is 1.01. The summed E-state index contributed by atoms with van der Waals surface area (Å²) >= 11 is 1.73. The summed E-state index contributed by atoms with van der Waals surface area (Å²) < 4.78 is 3.53. The van der Waals surface area contributed by atoms with Gasteiger partial charge in [0.25, 0.3) is 0 Å². The van der Waals surface area contributed by atoms with E-state index in [0.717, 1.165) is 60.6 Å². The van der Waals surface area contributed by atoms with Crippen molar-refractivity contribution in [3.63, 3.8) is 0 Å². The lowest BCUT2D eigenvalue weighted by Gasteiger charge is -2.26. The van der Waals surface area contributed by atoms with Crippen LogP contribution in [0, 0.1) is 0 Å². The first-order valence-corrected chi connectivity index (χ1v) is 21.8. The van der Waals surface area contributed by atoms with Crippen molar-refractivity contribution in [3.8, 4) is 16.3 Å². The van der Waals surface area contributed by atoms with Crippen LogP contribution in [0.1, 0.15) is 0 Å². The molecule has 0 aliphatic heterocycles. The Labute approximate surface area is 363 Å². The third-order valence-corrected chi connectivity index (χ3v) is 13.0. The van der Waals surface area contributed by atoms with Gasteiger partial charge in [-0.1, -0.05) is 127 Å². The number of fused-ring (bicyclic) bond motifs is 7. The van der Waals surface area contributed by atoms with Crippen LogP contribution in [0.25, 0.3) is 69.8 Å². The Bertz CT molecular complexity index is 3580. The van der Waals surface area contributed by atoms with Gasteiger partial charge in [0.1, 0.15) is 5.01 Å². The highest BCUT2D eigenvalue weighted by atomic mass is 32.1. The summed E-state index contributed by atoms with van der Waals surface area (Å²) in [6.07, 6.45) is 0. The van der Waals surface area contributed by atoms with Gasteiger partial charge in [-0.25, -0.2) is 4.98 Å². The lowest BCUT2D eigenvalue weighted by molar-refractivity contribution is 1.18. The second-order valence-electron chi connectivity index (χ2n) is 15.6. The molecule has 0 radical (unpaired) electrons. The fourth-order valence-electron chi connectivity index (χ4n) is 9.08. The van der Waals surface area contributed by atoms with Crippen LogP contribution in [0.2, 0.25) is 0 Å². The average molecular weight is 811 g/mol. The van der Waals surface area contributed by atoms with Gasteiger partial charge in [-0.15, -0.1) is 11.3 Å². The molecule has 12 aromatic rings. The number of thiazole rings is 1. The summed E-state index contributed by atoms with van der Waals surface area (Å²) in [5, 5.41) is 8.31. The third-order valence-electron chi connectivity index (χ3n) is 11.9. The predicted octanol–water partition coefficient (Wildman–Crippen LogP) is 16.3. The molecule has 0 saturated carbocycles. The molecule has 0 atom stereocenters. The Morgan fingerprint density at radius 3 is 1.50 bits per heavy atom. The molecule has 0 bridgehead atoms. The summed E-state index contributed by atoms with van der Waals surface area (Å²) in [4.78, 5) is 9.70. The first kappa shape index (κ1) is 35.9. The lowest BCUT2D eigenvalue weighted by atomic mass is 10.00. The van der Waals surface area contributed by atoms with Crippen molar-refractivity contribution in [2.45, 2.75) is 0 Å². The maximum Gasteiger partial charge on any atom is 0.124 e. The van der Waals surface area contributed by atoms with E-state index < -0.39 is 0 Å². The lowest BCUT2D eigenvalue weighted by Crippen LogP contribution is -2.10. The van der Waals surface area contributed by atoms with Crippen molar-refractivity contribution >= 4 is 99.0 Å². The van der Waals surface area contributed by atoms with Crippen molar-refractivity contribution < 1.29 is 0 Å². The highest BCUT2D eigenvalue weighted by Gasteiger charge is 2.19. The number of anilines is 6. The number of rotatable bonds is 8. The molecule has 0 saturated heterocycles. The summed E-state index contributed by atoms with van der Waals surface area (Å²) in [6.45, 7) is 0. The average Bonchev–Trinajstić information content (AvgIpc) is 3.92. The first-order chi connectivity index (χ1) is 30.7. The van der Waals surface area contributed by atoms with Gasteiger partial charge in [-0.05, 0) is 125 Å². The van der Waals surface area contributed by atoms with E-state index in [-0.39, 0.29) is 0 Å². The van der Waals surface area contributed by atoms with E-state index in [1.54, 1.807) is 11.3 Å². The van der Waals surface area contributed by atoms with E-state index >= 15 is 0 Å². The monoisotopic (exact) mass is 810 g/mol. The summed E-state index contributed by atoms with van der Waals surface area (Å²) in [5.41, 5.74) is 12.3. The molecular formula is C57H38N4S. The topological polar surface area (TPSA) is 24.3 Å². The second-order valence-corrected chi connectivity index (χ2v) is 16.7. The zero-order valence-corrected chi connectivity index (χ0v) is 34.5. The van der Waals surface area contributed by atoms with Crippen molar-refractivity contribution in [2.75, 3.05) is 9.80 Å². The third kappa shape index (κ3) is 6.18. The standard InChI is InChI=1S/C57H38N4S/c1-5-15-39(16-6-1)57-58-53-33-29-48(38-56(53)62-57)60(43-19-9-3-10-20-43)46-28-32-50-41(36-46)26-25-40-35-45(27-31-49(40)50)59(42-17-7-2-8-18-42)47-30-34-55-52(37-47)51-23-13-14-24-54(51)61(55)44-21-11-4-12-22-44/h1-38H. The van der Waals surface area contributed by atoms with Gasteiger partial charge in [0, 0.05) is 56.1 Å². The number of hydrogen-bond acceptors (Lipinski definition) is 4. The molecule has 0 aliphatic rings. The molecule has 5 heteroatoms. The smallest absolute Gasteiger partial charge is 0.124 e. The summed E-state index contributed by atoms with van der Waals surface area (Å²) in [5.74, 6) is 0.